The largest absolute Gasteiger partial charge is 0.493 e. The molecule has 1 aliphatic rings. The minimum atomic E-state index is -0.696. The Hall–Kier alpha value is -4.05. The number of nitro groups is 1. The van der Waals surface area contributed by atoms with Crippen LogP contribution in [0.1, 0.15) is 22.3 Å². The predicted octanol–water partition coefficient (Wildman–Crippen LogP) is 5.74. The number of methoxy groups -OCH3 is 1. The fourth-order valence-electron chi connectivity index (χ4n) is 3.36. The third-order valence-electron chi connectivity index (χ3n) is 5.16. The van der Waals surface area contributed by atoms with Crippen LogP contribution in [0.15, 0.2) is 69.8 Å². The maximum atomic E-state index is 13.9. The van der Waals surface area contributed by atoms with E-state index >= 15 is 0 Å². The van der Waals surface area contributed by atoms with Gasteiger partial charge in [-0.3, -0.25) is 10.1 Å². The van der Waals surface area contributed by atoms with E-state index in [2.05, 4.69) is 20.9 Å². The molecule has 1 aliphatic heterocycles. The van der Waals surface area contributed by atoms with Crippen molar-refractivity contribution in [1.82, 2.24) is 0 Å². The summed E-state index contributed by atoms with van der Waals surface area (Å²) < 4.78 is 30.9. The molecule has 0 radical (unpaired) electrons. The monoisotopic (exact) mass is 540 g/mol. The van der Waals surface area contributed by atoms with E-state index in [1.807, 2.05) is 0 Å². The van der Waals surface area contributed by atoms with Crippen LogP contribution in [-0.2, 0) is 16.1 Å². The van der Waals surface area contributed by atoms with E-state index < -0.39 is 10.9 Å². The highest BCUT2D eigenvalue weighted by atomic mass is 79.9. The Morgan fingerprint density at radius 1 is 1.20 bits per heavy atom. The molecule has 0 bridgehead atoms. The zero-order chi connectivity index (χ0) is 25.1. The first-order chi connectivity index (χ1) is 16.8. The van der Waals surface area contributed by atoms with Crippen LogP contribution in [0.3, 0.4) is 0 Å². The molecule has 35 heavy (non-hydrogen) atoms. The lowest BCUT2D eigenvalue weighted by atomic mass is 10.1. The van der Waals surface area contributed by atoms with E-state index in [0.29, 0.717) is 38.2 Å². The highest BCUT2D eigenvalue weighted by Crippen LogP contribution is 2.38. The van der Waals surface area contributed by atoms with Crippen LogP contribution in [0.2, 0.25) is 0 Å². The molecule has 0 saturated heterocycles. The number of carbonyl (C=O) groups is 1. The number of cyclic esters (lactones) is 1. The number of hydrogen-bond acceptors (Lipinski definition) is 7. The van der Waals surface area contributed by atoms with Crippen LogP contribution in [0.4, 0.5) is 10.1 Å². The molecule has 1 heterocycles. The van der Waals surface area contributed by atoms with Crippen LogP contribution in [0, 0.1) is 22.9 Å². The molecule has 0 unspecified atom stereocenters. The smallest absolute Gasteiger partial charge is 0.363 e. The van der Waals surface area contributed by atoms with Crippen LogP contribution in [0.5, 0.6) is 11.5 Å². The summed E-state index contributed by atoms with van der Waals surface area (Å²) in [7, 11) is 1.46. The van der Waals surface area contributed by atoms with Crippen LogP contribution in [0.25, 0.3) is 6.08 Å². The number of nitro benzene ring substituents is 1. The summed E-state index contributed by atoms with van der Waals surface area (Å²) in [6.45, 7) is 1.61. The van der Waals surface area contributed by atoms with Crippen molar-refractivity contribution in [2.45, 2.75) is 13.5 Å². The van der Waals surface area contributed by atoms with E-state index in [0.717, 1.165) is 0 Å². The van der Waals surface area contributed by atoms with Gasteiger partial charge in [0, 0.05) is 22.8 Å². The number of esters is 1. The van der Waals surface area contributed by atoms with Gasteiger partial charge in [-0.15, -0.1) is 0 Å². The van der Waals surface area contributed by atoms with Gasteiger partial charge in [-0.25, -0.2) is 14.2 Å². The molecule has 0 saturated carbocycles. The molecular formula is C25H18BrFN2O6. The molecule has 4 rings (SSSR count). The molecule has 0 spiro atoms. The molecule has 178 valence electrons. The molecule has 0 aliphatic carbocycles. The first kappa shape index (κ1) is 24.1. The zero-order valence-corrected chi connectivity index (χ0v) is 20.2. The van der Waals surface area contributed by atoms with Gasteiger partial charge in [-0.2, -0.15) is 0 Å². The number of benzene rings is 3. The Kier molecular flexibility index (Phi) is 6.92. The fraction of sp³-hybridized carbons (Fsp3) is 0.120. The maximum Gasteiger partial charge on any atom is 0.363 e. The summed E-state index contributed by atoms with van der Waals surface area (Å²) >= 11 is 3.43. The van der Waals surface area contributed by atoms with Gasteiger partial charge in [0.15, 0.2) is 17.2 Å². The number of hydrogen-bond donors (Lipinski definition) is 0. The first-order valence-corrected chi connectivity index (χ1v) is 11.1. The lowest BCUT2D eigenvalue weighted by molar-refractivity contribution is -0.385. The van der Waals surface area contributed by atoms with Gasteiger partial charge in [-0.05, 0) is 58.8 Å². The Labute approximate surface area is 207 Å². The summed E-state index contributed by atoms with van der Waals surface area (Å²) in [5.74, 6) is -0.384. The average Bonchev–Trinajstić information content (AvgIpc) is 3.19. The van der Waals surface area contributed by atoms with Crippen molar-refractivity contribution in [2.24, 2.45) is 4.99 Å². The molecule has 8 nitrogen and oxygen atoms in total. The standard InChI is InChI=1S/C25H18BrFN2O6/c1-14-7-8-16(12-21(14)29(31)32)24-28-20(25(30)35-24)10-15-9-18(26)23(22(11-15)33-2)34-13-17-5-3-4-6-19(17)27/h3-12H,13H2,1-2H3/b20-10-. The van der Waals surface area contributed by atoms with Crippen molar-refractivity contribution in [3.8, 4) is 11.5 Å². The number of ether oxygens (including phenoxy) is 3. The number of aliphatic imine (C=N–C) groups is 1. The summed E-state index contributed by atoms with van der Waals surface area (Å²) in [6.07, 6.45) is 1.49. The van der Waals surface area contributed by atoms with Crippen molar-refractivity contribution < 1.29 is 28.3 Å². The highest BCUT2D eigenvalue weighted by Gasteiger charge is 2.26. The van der Waals surface area contributed by atoms with Crippen molar-refractivity contribution >= 4 is 39.6 Å². The van der Waals surface area contributed by atoms with Crippen molar-refractivity contribution in [3.05, 3.63) is 103 Å². The molecule has 0 atom stereocenters. The van der Waals surface area contributed by atoms with Gasteiger partial charge in [0.05, 0.1) is 16.5 Å². The number of carbonyl (C=O) groups excluding carboxylic acids is 1. The number of halogens is 2. The van der Waals surface area contributed by atoms with Crippen molar-refractivity contribution in [2.75, 3.05) is 7.11 Å². The minimum absolute atomic E-state index is 0.00919. The quantitative estimate of drug-likeness (QED) is 0.164. The maximum absolute atomic E-state index is 13.9. The van der Waals surface area contributed by atoms with Gasteiger partial charge in [-0.1, -0.05) is 24.3 Å². The second-order valence-electron chi connectivity index (χ2n) is 7.51. The molecule has 3 aromatic rings. The van der Waals surface area contributed by atoms with Crippen LogP contribution < -0.4 is 9.47 Å². The second kappa shape index (κ2) is 10.1. The van der Waals surface area contributed by atoms with Gasteiger partial charge >= 0.3 is 5.97 Å². The summed E-state index contributed by atoms with van der Waals surface area (Å²) in [5, 5.41) is 11.2. The molecule has 0 aromatic heterocycles. The van der Waals surface area contributed by atoms with E-state index in [1.54, 1.807) is 49.4 Å². The lowest BCUT2D eigenvalue weighted by Crippen LogP contribution is -2.06. The number of rotatable bonds is 7. The topological polar surface area (TPSA) is 100 Å². The van der Waals surface area contributed by atoms with Gasteiger partial charge in [0.2, 0.25) is 5.90 Å². The van der Waals surface area contributed by atoms with Gasteiger partial charge in [0.25, 0.3) is 5.69 Å². The van der Waals surface area contributed by atoms with E-state index in [-0.39, 0.29) is 29.7 Å². The number of nitrogens with zero attached hydrogens (tertiary/aromatic N) is 2. The average molecular weight is 541 g/mol. The van der Waals surface area contributed by atoms with Crippen LogP contribution >= 0.6 is 15.9 Å². The third kappa shape index (κ3) is 5.22. The Morgan fingerprint density at radius 2 is 1.97 bits per heavy atom. The van der Waals surface area contributed by atoms with E-state index in [1.165, 1.54) is 25.3 Å². The molecule has 10 heteroatoms. The molecular weight excluding hydrogens is 523 g/mol. The fourth-order valence-corrected chi connectivity index (χ4v) is 3.93. The summed E-state index contributed by atoms with van der Waals surface area (Å²) in [5.41, 5.74) is 1.65. The zero-order valence-electron chi connectivity index (χ0n) is 18.6. The molecule has 0 fully saturated rings. The Morgan fingerprint density at radius 3 is 2.69 bits per heavy atom. The van der Waals surface area contributed by atoms with Gasteiger partial charge < -0.3 is 14.2 Å². The molecule has 0 amide bonds. The number of aryl methyl sites for hydroxylation is 1. The van der Waals surface area contributed by atoms with Crippen molar-refractivity contribution in [1.29, 1.82) is 0 Å². The summed E-state index contributed by atoms with van der Waals surface area (Å²) in [6, 6.07) is 14.1. The SMILES string of the molecule is COc1cc(/C=C2\N=C(c3ccc(C)c([N+](=O)[O-])c3)OC2=O)cc(Br)c1OCc1ccccc1F. The molecule has 3 aromatic carbocycles. The van der Waals surface area contributed by atoms with Crippen molar-refractivity contribution in [3.63, 3.8) is 0 Å². The lowest BCUT2D eigenvalue weighted by Gasteiger charge is -2.14. The Bertz CT molecular complexity index is 1400. The second-order valence-corrected chi connectivity index (χ2v) is 8.36. The Balaban J connectivity index is 1.61. The third-order valence-corrected chi connectivity index (χ3v) is 5.75. The van der Waals surface area contributed by atoms with E-state index in [9.17, 15) is 19.3 Å². The highest BCUT2D eigenvalue weighted by molar-refractivity contribution is 9.10. The van der Waals surface area contributed by atoms with Gasteiger partial charge in [0.1, 0.15) is 12.4 Å². The van der Waals surface area contributed by atoms with Crippen LogP contribution in [-0.4, -0.2) is 23.9 Å². The van der Waals surface area contributed by atoms with E-state index in [4.69, 9.17) is 14.2 Å². The first-order valence-electron chi connectivity index (χ1n) is 10.3. The minimum Gasteiger partial charge on any atom is -0.493 e. The molecule has 0 N–H and O–H groups in total. The normalized spacial score (nSPS) is 14.0. The summed E-state index contributed by atoms with van der Waals surface area (Å²) in [4.78, 5) is 27.3. The predicted molar refractivity (Wildman–Crippen MR) is 130 cm³/mol.